The number of Topliss-reactive ketones (excluding diaryl/α,β-unsaturated/α-hetero) is 1. The van der Waals surface area contributed by atoms with Gasteiger partial charge in [-0.15, -0.1) is 0 Å². The molecule has 2 aliphatic carbocycles. The fourth-order valence-corrected chi connectivity index (χ4v) is 4.90. The minimum atomic E-state index is -0.657. The number of nitrogens with zero attached hydrogens (tertiary/aromatic N) is 2. The van der Waals surface area contributed by atoms with E-state index >= 15 is 0 Å². The molecule has 3 aliphatic rings. The molecule has 0 bridgehead atoms. The van der Waals surface area contributed by atoms with Gasteiger partial charge >= 0.3 is 0 Å². The first-order valence-electron chi connectivity index (χ1n) is 9.91. The summed E-state index contributed by atoms with van der Waals surface area (Å²) in [6.07, 6.45) is 5.82. The Morgan fingerprint density at radius 3 is 2.48 bits per heavy atom. The third kappa shape index (κ3) is 2.51. The number of aromatic hydroxyl groups is 1. The number of allylic oxidation sites excluding steroid dienone is 3. The largest absolute Gasteiger partial charge is 0.508 e. The molecule has 0 fully saturated rings. The summed E-state index contributed by atoms with van der Waals surface area (Å²) < 4.78 is 2.92. The second kappa shape index (κ2) is 5.92. The van der Waals surface area contributed by atoms with E-state index in [4.69, 9.17) is 0 Å². The summed E-state index contributed by atoms with van der Waals surface area (Å²) in [4.78, 5) is 40.1. The molecule has 0 saturated heterocycles. The van der Waals surface area contributed by atoms with Crippen molar-refractivity contribution in [2.45, 2.75) is 45.6 Å². The zero-order valence-corrected chi connectivity index (χ0v) is 16.4. The van der Waals surface area contributed by atoms with Gasteiger partial charge in [-0.25, -0.2) is 9.36 Å². The van der Waals surface area contributed by atoms with Gasteiger partial charge in [-0.1, -0.05) is 38.1 Å². The van der Waals surface area contributed by atoms with E-state index in [2.05, 4.69) is 0 Å². The van der Waals surface area contributed by atoms with Crippen molar-refractivity contribution in [3.05, 3.63) is 73.3 Å². The lowest BCUT2D eigenvalue weighted by Gasteiger charge is -2.30. The maximum Gasteiger partial charge on any atom is 0.274 e. The highest BCUT2D eigenvalue weighted by molar-refractivity contribution is 6.04. The number of hydrogen-bond donors (Lipinski definition) is 1. The number of phenolic OH excluding ortho intramolecular Hbond substituents is 1. The van der Waals surface area contributed by atoms with Crippen LogP contribution >= 0.6 is 0 Å². The molecule has 2 heterocycles. The molecule has 0 radical (unpaired) electrons. The molecule has 1 aliphatic heterocycles. The van der Waals surface area contributed by atoms with Crippen molar-refractivity contribution in [3.63, 3.8) is 0 Å². The molecule has 1 unspecified atom stereocenters. The Kier molecular flexibility index (Phi) is 3.66. The molecule has 6 heteroatoms. The highest BCUT2D eigenvalue weighted by atomic mass is 16.3. The van der Waals surface area contributed by atoms with Gasteiger partial charge in [0, 0.05) is 23.1 Å². The number of carbonyl (C=O) groups is 1. The summed E-state index contributed by atoms with van der Waals surface area (Å²) in [5.41, 5.74) is 2.09. The van der Waals surface area contributed by atoms with Gasteiger partial charge in [0.15, 0.2) is 5.78 Å². The molecule has 1 N–H and O–H groups in total. The summed E-state index contributed by atoms with van der Waals surface area (Å²) in [6, 6.07) is 5.84. The predicted octanol–water partition coefficient (Wildman–Crippen LogP) is 2.88. The number of benzene rings is 1. The highest BCUT2D eigenvalue weighted by Gasteiger charge is 2.45. The van der Waals surface area contributed by atoms with Crippen LogP contribution in [0.4, 0.5) is 0 Å². The quantitative estimate of drug-likeness (QED) is 0.812. The Balaban J connectivity index is 1.88. The van der Waals surface area contributed by atoms with Crippen molar-refractivity contribution < 1.29 is 9.90 Å². The third-order valence-electron chi connectivity index (χ3n) is 6.15. The zero-order valence-electron chi connectivity index (χ0n) is 16.4. The molecule has 1 atom stereocenters. The normalized spacial score (nSPS) is 21.7. The lowest BCUT2D eigenvalue weighted by Crippen LogP contribution is -2.41. The first-order valence-corrected chi connectivity index (χ1v) is 9.91. The summed E-state index contributed by atoms with van der Waals surface area (Å²) in [5, 5.41) is 9.69. The SMILES string of the molecule is CC1(C)CC(=O)C2=C(C1)n1c(=O)c3c(c(=O)n1C2c1ccc(O)cc1)C=CCC3. The first kappa shape index (κ1) is 17.9. The molecular weight excluding hydrogens is 368 g/mol. The van der Waals surface area contributed by atoms with E-state index < -0.39 is 6.04 Å². The van der Waals surface area contributed by atoms with Gasteiger partial charge < -0.3 is 5.11 Å². The number of carbonyl (C=O) groups excluding carboxylic acids is 1. The van der Waals surface area contributed by atoms with Gasteiger partial charge in [0.2, 0.25) is 0 Å². The lowest BCUT2D eigenvalue weighted by atomic mass is 9.74. The monoisotopic (exact) mass is 390 g/mol. The Labute approximate surface area is 167 Å². The van der Waals surface area contributed by atoms with Crippen molar-refractivity contribution in [2.75, 3.05) is 0 Å². The highest BCUT2D eigenvalue weighted by Crippen LogP contribution is 2.46. The van der Waals surface area contributed by atoms with Crippen LogP contribution in [0.5, 0.6) is 5.75 Å². The van der Waals surface area contributed by atoms with Crippen LogP contribution in [0.15, 0.2) is 45.5 Å². The molecule has 148 valence electrons. The van der Waals surface area contributed by atoms with Crippen LogP contribution in [0.1, 0.15) is 55.8 Å². The lowest BCUT2D eigenvalue weighted by molar-refractivity contribution is -0.118. The number of fused-ring (bicyclic) bond motifs is 3. The molecular formula is C23H22N2O4. The smallest absolute Gasteiger partial charge is 0.274 e. The number of ketones is 1. The van der Waals surface area contributed by atoms with Crippen LogP contribution in [-0.4, -0.2) is 20.3 Å². The van der Waals surface area contributed by atoms with E-state index in [1.807, 2.05) is 19.9 Å². The molecule has 2 aromatic rings. The Hall–Kier alpha value is -3.15. The molecule has 0 saturated carbocycles. The summed E-state index contributed by atoms with van der Waals surface area (Å²) in [6.45, 7) is 4.02. The first-order chi connectivity index (χ1) is 13.8. The fraction of sp³-hybridized carbons (Fsp3) is 0.348. The van der Waals surface area contributed by atoms with Crippen LogP contribution in [0, 0.1) is 5.41 Å². The molecule has 29 heavy (non-hydrogen) atoms. The number of rotatable bonds is 1. The Bertz CT molecular complexity index is 1240. The Morgan fingerprint density at radius 1 is 1.03 bits per heavy atom. The maximum absolute atomic E-state index is 13.5. The van der Waals surface area contributed by atoms with Crippen LogP contribution in [-0.2, 0) is 11.2 Å². The minimum absolute atomic E-state index is 0.0298. The van der Waals surface area contributed by atoms with Crippen molar-refractivity contribution in [1.82, 2.24) is 9.36 Å². The second-order valence-corrected chi connectivity index (χ2v) is 8.90. The third-order valence-corrected chi connectivity index (χ3v) is 6.15. The molecule has 0 spiro atoms. The van der Waals surface area contributed by atoms with Gasteiger partial charge in [-0.2, -0.15) is 0 Å². The molecule has 1 aromatic heterocycles. The van der Waals surface area contributed by atoms with Crippen LogP contribution < -0.4 is 11.1 Å². The molecule has 0 amide bonds. The van der Waals surface area contributed by atoms with Crippen molar-refractivity contribution in [1.29, 1.82) is 0 Å². The summed E-state index contributed by atoms with van der Waals surface area (Å²) in [7, 11) is 0. The molecule has 5 rings (SSSR count). The van der Waals surface area contributed by atoms with Gasteiger partial charge in [0.25, 0.3) is 11.1 Å². The average Bonchev–Trinajstić information content (AvgIpc) is 3.01. The van der Waals surface area contributed by atoms with Gasteiger partial charge in [-0.3, -0.25) is 14.4 Å². The fourth-order valence-electron chi connectivity index (χ4n) is 4.90. The van der Waals surface area contributed by atoms with E-state index in [0.29, 0.717) is 47.2 Å². The number of hydrogen-bond acceptors (Lipinski definition) is 4. The van der Waals surface area contributed by atoms with Crippen LogP contribution in [0.25, 0.3) is 11.8 Å². The van der Waals surface area contributed by atoms with Gasteiger partial charge in [0.05, 0.1) is 5.70 Å². The van der Waals surface area contributed by atoms with Crippen LogP contribution in [0.3, 0.4) is 0 Å². The van der Waals surface area contributed by atoms with Crippen molar-refractivity contribution in [3.8, 4) is 5.75 Å². The van der Waals surface area contributed by atoms with Gasteiger partial charge in [-0.05, 0) is 42.4 Å². The van der Waals surface area contributed by atoms with Crippen LogP contribution in [0.2, 0.25) is 0 Å². The molecule has 1 aromatic carbocycles. The van der Waals surface area contributed by atoms with E-state index in [1.54, 1.807) is 18.2 Å². The predicted molar refractivity (Wildman–Crippen MR) is 110 cm³/mol. The zero-order chi connectivity index (χ0) is 20.5. The number of aromatic nitrogens is 2. The topological polar surface area (TPSA) is 81.3 Å². The number of phenols is 1. The Morgan fingerprint density at radius 2 is 1.76 bits per heavy atom. The summed E-state index contributed by atoms with van der Waals surface area (Å²) >= 11 is 0. The van der Waals surface area contributed by atoms with Crippen molar-refractivity contribution >= 4 is 17.6 Å². The average molecular weight is 390 g/mol. The van der Waals surface area contributed by atoms with E-state index in [9.17, 15) is 19.5 Å². The minimum Gasteiger partial charge on any atom is -0.508 e. The standard InChI is InChI=1S/C23H22N2O4/c1-23(2)11-17-19(18(27)12-23)20(13-7-9-14(26)10-8-13)25-22(29)16-6-4-3-5-15(16)21(28)24(17)25/h4,6-10,20,26H,3,5,11-12H2,1-2H3. The van der Waals surface area contributed by atoms with Gasteiger partial charge in [0.1, 0.15) is 11.8 Å². The summed E-state index contributed by atoms with van der Waals surface area (Å²) in [5.74, 6) is 0.0769. The maximum atomic E-state index is 13.5. The van der Waals surface area contributed by atoms with E-state index in [0.717, 1.165) is 6.42 Å². The van der Waals surface area contributed by atoms with E-state index in [-0.39, 0.29) is 28.1 Å². The second-order valence-electron chi connectivity index (χ2n) is 8.90. The molecule has 6 nitrogen and oxygen atoms in total. The van der Waals surface area contributed by atoms with Crippen molar-refractivity contribution in [2.24, 2.45) is 5.41 Å². The van der Waals surface area contributed by atoms with E-state index in [1.165, 1.54) is 21.5 Å².